The number of Topliss-reactive ketones (excluding diaryl/α,β-unsaturated/α-hetero) is 1. The van der Waals surface area contributed by atoms with Gasteiger partial charge in [0, 0.05) is 12.3 Å². The number of hydrogen-bond donors (Lipinski definition) is 1. The van der Waals surface area contributed by atoms with Crippen molar-refractivity contribution in [3.63, 3.8) is 0 Å². The number of aliphatic hydroxyl groups is 1. The van der Waals surface area contributed by atoms with Crippen LogP contribution >= 0.6 is 0 Å². The van der Waals surface area contributed by atoms with Crippen LogP contribution in [0.3, 0.4) is 0 Å². The molecule has 9 atom stereocenters. The number of carbonyl (C=O) groups is 1. The Morgan fingerprint density at radius 1 is 0.966 bits per heavy atom. The first kappa shape index (κ1) is 21.8. The van der Waals surface area contributed by atoms with Crippen LogP contribution in [0.1, 0.15) is 105 Å². The lowest BCUT2D eigenvalue weighted by Gasteiger charge is -2.60. The third-order valence-corrected chi connectivity index (χ3v) is 10.6. The second-order valence-corrected chi connectivity index (χ2v) is 12.6. The Balaban J connectivity index is 1.50. The number of aliphatic hydroxyl groups excluding tert-OH is 1. The highest BCUT2D eigenvalue weighted by atomic mass is 16.3. The van der Waals surface area contributed by atoms with Crippen LogP contribution in [0.15, 0.2) is 0 Å². The van der Waals surface area contributed by atoms with E-state index in [-0.39, 0.29) is 17.4 Å². The third kappa shape index (κ3) is 3.64. The van der Waals surface area contributed by atoms with Crippen molar-refractivity contribution < 1.29 is 9.90 Å². The fourth-order valence-electron chi connectivity index (χ4n) is 9.04. The Morgan fingerprint density at radius 3 is 2.38 bits per heavy atom. The highest BCUT2D eigenvalue weighted by Crippen LogP contribution is 2.67. The number of hydrogen-bond acceptors (Lipinski definition) is 2. The Morgan fingerprint density at radius 2 is 1.66 bits per heavy atom. The minimum absolute atomic E-state index is 0.129. The van der Waals surface area contributed by atoms with Gasteiger partial charge in [0.1, 0.15) is 5.78 Å². The second kappa shape index (κ2) is 7.95. The van der Waals surface area contributed by atoms with Crippen LogP contribution in [-0.4, -0.2) is 17.0 Å². The van der Waals surface area contributed by atoms with Crippen LogP contribution in [0, 0.1) is 52.3 Å². The molecule has 0 saturated heterocycles. The van der Waals surface area contributed by atoms with Gasteiger partial charge in [-0.3, -0.25) is 4.79 Å². The third-order valence-electron chi connectivity index (χ3n) is 10.6. The molecule has 0 aromatic carbocycles. The number of ketones is 1. The van der Waals surface area contributed by atoms with Crippen LogP contribution in [0.2, 0.25) is 0 Å². The minimum atomic E-state index is -0.245. The van der Waals surface area contributed by atoms with Gasteiger partial charge in [0.15, 0.2) is 0 Å². The van der Waals surface area contributed by atoms with Gasteiger partial charge in [-0.1, -0.05) is 53.9 Å². The molecule has 166 valence electrons. The Labute approximate surface area is 179 Å². The molecule has 4 fully saturated rings. The van der Waals surface area contributed by atoms with Crippen molar-refractivity contribution in [3.8, 4) is 0 Å². The maximum Gasteiger partial charge on any atom is 0.136 e. The van der Waals surface area contributed by atoms with Gasteiger partial charge in [-0.05, 0) is 91.3 Å². The fraction of sp³-hybridized carbons (Fsp3) is 0.963. The van der Waals surface area contributed by atoms with Crippen molar-refractivity contribution in [1.29, 1.82) is 0 Å². The zero-order chi connectivity index (χ0) is 21.0. The van der Waals surface area contributed by atoms with E-state index < -0.39 is 0 Å². The Bertz CT molecular complexity index is 612. The van der Waals surface area contributed by atoms with E-state index in [1.165, 1.54) is 44.9 Å². The van der Waals surface area contributed by atoms with Gasteiger partial charge in [-0.15, -0.1) is 0 Å². The van der Waals surface area contributed by atoms with E-state index in [1.54, 1.807) is 0 Å². The van der Waals surface area contributed by atoms with E-state index in [2.05, 4.69) is 34.6 Å². The summed E-state index contributed by atoms with van der Waals surface area (Å²) in [5, 5.41) is 10.2. The molecule has 4 aliphatic rings. The molecular formula is C27H46O2. The first-order valence-electron chi connectivity index (χ1n) is 12.9. The normalized spacial score (nSPS) is 48.2. The number of rotatable bonds is 5. The van der Waals surface area contributed by atoms with Gasteiger partial charge in [-0.25, -0.2) is 0 Å². The number of fused-ring (bicyclic) bond motifs is 5. The van der Waals surface area contributed by atoms with Gasteiger partial charge >= 0.3 is 0 Å². The maximum absolute atomic E-state index is 13.2. The SMILES string of the molecule is CC(C)CCC[C@@H](C)[C@@H]1CC[C@H]2[C@H]3CC(=O)[C@H]4C[C@@H](O)CC[C@]4(C)[C@@H]3CC[C@@]21C. The molecule has 4 aliphatic carbocycles. The Kier molecular flexibility index (Phi) is 5.99. The van der Waals surface area contributed by atoms with Crippen LogP contribution in [0.5, 0.6) is 0 Å². The summed E-state index contributed by atoms with van der Waals surface area (Å²) in [5.74, 6) is 5.21. The van der Waals surface area contributed by atoms with Crippen LogP contribution in [-0.2, 0) is 4.79 Å². The van der Waals surface area contributed by atoms with Crippen molar-refractivity contribution in [3.05, 3.63) is 0 Å². The lowest BCUT2D eigenvalue weighted by atomic mass is 9.44. The minimum Gasteiger partial charge on any atom is -0.393 e. The second-order valence-electron chi connectivity index (χ2n) is 12.6. The Hall–Kier alpha value is -0.370. The topological polar surface area (TPSA) is 37.3 Å². The predicted molar refractivity (Wildman–Crippen MR) is 119 cm³/mol. The highest BCUT2D eigenvalue weighted by Gasteiger charge is 2.62. The molecular weight excluding hydrogens is 356 g/mol. The van der Waals surface area contributed by atoms with Crippen molar-refractivity contribution >= 4 is 5.78 Å². The van der Waals surface area contributed by atoms with Crippen molar-refractivity contribution in [2.24, 2.45) is 52.3 Å². The largest absolute Gasteiger partial charge is 0.393 e. The zero-order valence-corrected chi connectivity index (χ0v) is 19.8. The zero-order valence-electron chi connectivity index (χ0n) is 19.8. The van der Waals surface area contributed by atoms with E-state index in [4.69, 9.17) is 0 Å². The smallest absolute Gasteiger partial charge is 0.136 e. The van der Waals surface area contributed by atoms with Crippen LogP contribution in [0.4, 0.5) is 0 Å². The van der Waals surface area contributed by atoms with Crippen LogP contribution in [0.25, 0.3) is 0 Å². The lowest BCUT2D eigenvalue weighted by Crippen LogP contribution is -2.57. The average Bonchev–Trinajstić information content (AvgIpc) is 3.00. The van der Waals surface area contributed by atoms with E-state index >= 15 is 0 Å². The van der Waals surface area contributed by atoms with E-state index in [0.29, 0.717) is 23.0 Å². The van der Waals surface area contributed by atoms with E-state index in [0.717, 1.165) is 49.4 Å². The molecule has 4 saturated carbocycles. The molecule has 1 N–H and O–H groups in total. The summed E-state index contributed by atoms with van der Waals surface area (Å²) in [6.07, 6.45) is 12.8. The van der Waals surface area contributed by atoms with E-state index in [9.17, 15) is 9.90 Å². The predicted octanol–water partition coefficient (Wildman–Crippen LogP) is 6.65. The van der Waals surface area contributed by atoms with Gasteiger partial charge in [0.25, 0.3) is 0 Å². The molecule has 29 heavy (non-hydrogen) atoms. The molecule has 0 radical (unpaired) electrons. The molecule has 0 spiro atoms. The van der Waals surface area contributed by atoms with Crippen LogP contribution < -0.4 is 0 Å². The maximum atomic E-state index is 13.2. The highest BCUT2D eigenvalue weighted by molar-refractivity contribution is 5.83. The summed E-state index contributed by atoms with van der Waals surface area (Å²) in [6, 6.07) is 0. The molecule has 0 aliphatic heterocycles. The monoisotopic (exact) mass is 402 g/mol. The molecule has 0 aromatic heterocycles. The summed E-state index contributed by atoms with van der Waals surface area (Å²) in [6.45, 7) is 12.2. The van der Waals surface area contributed by atoms with Gasteiger partial charge in [0.05, 0.1) is 6.10 Å². The summed E-state index contributed by atoms with van der Waals surface area (Å²) in [7, 11) is 0. The quantitative estimate of drug-likeness (QED) is 0.559. The average molecular weight is 403 g/mol. The van der Waals surface area contributed by atoms with Gasteiger partial charge < -0.3 is 5.11 Å². The summed E-state index contributed by atoms with van der Waals surface area (Å²) >= 11 is 0. The standard InChI is InChI=1S/C27H46O2/c1-17(2)7-6-8-18(3)21-9-10-22-20-16-25(29)24-15-19(28)11-13-27(24,5)23(20)12-14-26(21,22)4/h17-24,28H,6-16H2,1-5H3/t18-,19+,20-,21+,22+,23-,24-,26-,27-/m1/s1. The number of carbonyl (C=O) groups excluding carboxylic acids is 1. The van der Waals surface area contributed by atoms with Crippen molar-refractivity contribution in [1.82, 2.24) is 0 Å². The molecule has 2 heteroatoms. The van der Waals surface area contributed by atoms with Gasteiger partial charge in [0.2, 0.25) is 0 Å². The van der Waals surface area contributed by atoms with Gasteiger partial charge in [-0.2, -0.15) is 0 Å². The molecule has 0 aromatic rings. The molecule has 4 rings (SSSR count). The summed E-state index contributed by atoms with van der Waals surface area (Å²) in [4.78, 5) is 13.2. The molecule has 2 nitrogen and oxygen atoms in total. The summed E-state index contributed by atoms with van der Waals surface area (Å²) in [5.41, 5.74) is 0.609. The molecule has 0 unspecified atom stereocenters. The van der Waals surface area contributed by atoms with E-state index in [1.807, 2.05) is 0 Å². The van der Waals surface area contributed by atoms with Crippen molar-refractivity contribution in [2.75, 3.05) is 0 Å². The molecule has 0 amide bonds. The molecule has 0 bridgehead atoms. The first-order valence-corrected chi connectivity index (χ1v) is 12.9. The fourth-order valence-corrected chi connectivity index (χ4v) is 9.04. The lowest BCUT2D eigenvalue weighted by molar-refractivity contribution is -0.160. The first-order chi connectivity index (χ1) is 13.7. The van der Waals surface area contributed by atoms with Crippen molar-refractivity contribution in [2.45, 2.75) is 111 Å². The summed E-state index contributed by atoms with van der Waals surface area (Å²) < 4.78 is 0. The molecule has 0 heterocycles.